The van der Waals surface area contributed by atoms with Crippen molar-refractivity contribution in [2.24, 2.45) is 5.73 Å². The summed E-state index contributed by atoms with van der Waals surface area (Å²) in [5.74, 6) is 0. The van der Waals surface area contributed by atoms with E-state index in [1.165, 1.54) is 0 Å². The Balaban J connectivity index is 2.82. The molecule has 1 heterocycles. The fourth-order valence-electron chi connectivity index (χ4n) is 2.47. The van der Waals surface area contributed by atoms with E-state index in [2.05, 4.69) is 0 Å². The van der Waals surface area contributed by atoms with Crippen molar-refractivity contribution in [1.82, 2.24) is 9.13 Å². The maximum absolute atomic E-state index is 12.3. The van der Waals surface area contributed by atoms with Gasteiger partial charge >= 0.3 is 5.69 Å². The highest BCUT2D eigenvalue weighted by Crippen LogP contribution is 2.28. The Morgan fingerprint density at radius 3 is 2.16 bits per heavy atom. The number of halogens is 1. The summed E-state index contributed by atoms with van der Waals surface area (Å²) in [6.07, 6.45) is 0.816. The van der Waals surface area contributed by atoms with Crippen LogP contribution in [0.15, 0.2) is 16.9 Å². The summed E-state index contributed by atoms with van der Waals surface area (Å²) >= 11 is 6.31. The summed E-state index contributed by atoms with van der Waals surface area (Å²) in [6.45, 7) is 7.23. The number of rotatable bonds is 4. The van der Waals surface area contributed by atoms with Gasteiger partial charge in [-0.25, -0.2) is 4.79 Å². The number of hydrogen-bond donors (Lipinski definition) is 1. The fourth-order valence-corrected chi connectivity index (χ4v) is 2.76. The van der Waals surface area contributed by atoms with Gasteiger partial charge in [0.2, 0.25) is 0 Å². The lowest BCUT2D eigenvalue weighted by Gasteiger charge is -2.12. The van der Waals surface area contributed by atoms with Crippen molar-refractivity contribution in [3.8, 4) is 0 Å². The third-order valence-corrected chi connectivity index (χ3v) is 3.94. The smallest absolute Gasteiger partial charge is 0.324 e. The molecule has 5 heteroatoms. The van der Waals surface area contributed by atoms with Gasteiger partial charge in [0, 0.05) is 24.2 Å². The molecule has 1 atom stereocenters. The molecule has 2 rings (SSSR count). The monoisotopic (exact) mass is 281 g/mol. The van der Waals surface area contributed by atoms with Gasteiger partial charge in [-0.3, -0.25) is 9.13 Å². The fraction of sp³-hybridized carbons (Fsp3) is 0.500. The van der Waals surface area contributed by atoms with Crippen molar-refractivity contribution in [3.63, 3.8) is 0 Å². The Bertz CT molecular complexity index is 657. The van der Waals surface area contributed by atoms with E-state index < -0.39 is 0 Å². The SMILES string of the molecule is CCC(N)c1cc2c(cc1Cl)n(CC)c(=O)n2CC. The van der Waals surface area contributed by atoms with E-state index in [-0.39, 0.29) is 11.7 Å². The molecule has 0 amide bonds. The molecular weight excluding hydrogens is 262 g/mol. The number of nitrogens with zero attached hydrogens (tertiary/aromatic N) is 2. The summed E-state index contributed by atoms with van der Waals surface area (Å²) in [7, 11) is 0. The van der Waals surface area contributed by atoms with Crippen molar-refractivity contribution in [1.29, 1.82) is 0 Å². The first kappa shape index (κ1) is 14.2. The summed E-state index contributed by atoms with van der Waals surface area (Å²) in [5, 5.41) is 0.636. The molecule has 19 heavy (non-hydrogen) atoms. The number of hydrogen-bond acceptors (Lipinski definition) is 2. The highest BCUT2D eigenvalue weighted by Gasteiger charge is 2.16. The van der Waals surface area contributed by atoms with Crippen LogP contribution in [-0.4, -0.2) is 9.13 Å². The zero-order valence-corrected chi connectivity index (χ0v) is 12.4. The molecule has 0 saturated heterocycles. The van der Waals surface area contributed by atoms with Gasteiger partial charge in [0.15, 0.2) is 0 Å². The molecular formula is C14H20ClN3O. The van der Waals surface area contributed by atoms with Crippen molar-refractivity contribution in [2.75, 3.05) is 0 Å². The van der Waals surface area contributed by atoms with E-state index in [4.69, 9.17) is 17.3 Å². The molecule has 1 aromatic heterocycles. The first-order valence-corrected chi connectivity index (χ1v) is 7.10. The van der Waals surface area contributed by atoms with E-state index in [1.54, 1.807) is 9.13 Å². The highest BCUT2D eigenvalue weighted by atomic mass is 35.5. The summed E-state index contributed by atoms with van der Waals surface area (Å²) in [6, 6.07) is 3.73. The number of fused-ring (bicyclic) bond motifs is 1. The van der Waals surface area contributed by atoms with Crippen LogP contribution in [0.3, 0.4) is 0 Å². The second kappa shape index (κ2) is 5.39. The standard InChI is InChI=1S/C14H20ClN3O/c1-4-11(16)9-7-12-13(8-10(9)15)18(6-3)14(19)17(12)5-2/h7-8,11H,4-6,16H2,1-3H3. The third-order valence-electron chi connectivity index (χ3n) is 3.61. The Kier molecular flexibility index (Phi) is 4.02. The lowest BCUT2D eigenvalue weighted by Crippen LogP contribution is -2.23. The van der Waals surface area contributed by atoms with Crippen LogP contribution in [0.25, 0.3) is 11.0 Å². The van der Waals surface area contributed by atoms with Crippen molar-refractivity contribution in [3.05, 3.63) is 33.2 Å². The lowest BCUT2D eigenvalue weighted by atomic mass is 10.0. The van der Waals surface area contributed by atoms with E-state index in [9.17, 15) is 4.79 Å². The predicted molar refractivity (Wildman–Crippen MR) is 79.8 cm³/mol. The van der Waals surface area contributed by atoms with Gasteiger partial charge in [-0.05, 0) is 38.0 Å². The van der Waals surface area contributed by atoms with E-state index >= 15 is 0 Å². The van der Waals surface area contributed by atoms with Crippen LogP contribution in [0.1, 0.15) is 38.8 Å². The normalized spacial score (nSPS) is 13.1. The molecule has 1 unspecified atom stereocenters. The van der Waals surface area contributed by atoms with Gasteiger partial charge in [0.25, 0.3) is 0 Å². The summed E-state index contributed by atoms with van der Waals surface area (Å²) < 4.78 is 3.51. The average Bonchev–Trinajstić information content (AvgIpc) is 2.67. The van der Waals surface area contributed by atoms with Gasteiger partial charge in [-0.15, -0.1) is 0 Å². The van der Waals surface area contributed by atoms with Gasteiger partial charge in [-0.2, -0.15) is 0 Å². The summed E-state index contributed by atoms with van der Waals surface area (Å²) in [4.78, 5) is 12.3. The van der Waals surface area contributed by atoms with E-state index in [1.807, 2.05) is 32.9 Å². The summed E-state index contributed by atoms with van der Waals surface area (Å²) in [5.41, 5.74) is 8.79. The molecule has 2 aromatic rings. The van der Waals surface area contributed by atoms with Crippen LogP contribution in [0.5, 0.6) is 0 Å². The first-order chi connectivity index (χ1) is 9.04. The molecule has 0 aliphatic heterocycles. The van der Waals surface area contributed by atoms with Crippen LogP contribution < -0.4 is 11.4 Å². The molecule has 104 valence electrons. The lowest BCUT2D eigenvalue weighted by molar-refractivity contribution is 0.670. The number of benzene rings is 1. The maximum Gasteiger partial charge on any atom is 0.329 e. The molecule has 1 aromatic carbocycles. The number of imidazole rings is 1. The Labute approximate surface area is 117 Å². The highest BCUT2D eigenvalue weighted by molar-refractivity contribution is 6.32. The second-order valence-corrected chi connectivity index (χ2v) is 5.06. The van der Waals surface area contributed by atoms with Gasteiger partial charge in [0.1, 0.15) is 0 Å². The zero-order chi connectivity index (χ0) is 14.2. The molecule has 0 aliphatic carbocycles. The predicted octanol–water partition coefficient (Wildman–Crippen LogP) is 2.91. The van der Waals surface area contributed by atoms with Crippen LogP contribution in [0.2, 0.25) is 5.02 Å². The Hall–Kier alpha value is -1.26. The van der Waals surface area contributed by atoms with Crippen molar-refractivity contribution >= 4 is 22.6 Å². The van der Waals surface area contributed by atoms with Crippen LogP contribution in [0.4, 0.5) is 0 Å². The van der Waals surface area contributed by atoms with Crippen molar-refractivity contribution in [2.45, 2.75) is 46.3 Å². The minimum absolute atomic E-state index is 0.0123. The van der Waals surface area contributed by atoms with Crippen LogP contribution in [0, 0.1) is 0 Å². The quantitative estimate of drug-likeness (QED) is 0.937. The second-order valence-electron chi connectivity index (χ2n) is 4.65. The van der Waals surface area contributed by atoms with E-state index in [0.29, 0.717) is 18.1 Å². The number of aromatic nitrogens is 2. The van der Waals surface area contributed by atoms with Gasteiger partial charge in [0.05, 0.1) is 11.0 Å². The molecule has 0 radical (unpaired) electrons. The largest absolute Gasteiger partial charge is 0.329 e. The minimum atomic E-state index is -0.0951. The Morgan fingerprint density at radius 1 is 1.16 bits per heavy atom. The molecule has 4 nitrogen and oxygen atoms in total. The maximum atomic E-state index is 12.3. The topological polar surface area (TPSA) is 52.9 Å². The molecule has 0 bridgehead atoms. The molecule has 0 fully saturated rings. The van der Waals surface area contributed by atoms with Gasteiger partial charge < -0.3 is 5.73 Å². The van der Waals surface area contributed by atoms with Crippen molar-refractivity contribution < 1.29 is 0 Å². The van der Waals surface area contributed by atoms with Crippen LogP contribution in [-0.2, 0) is 13.1 Å². The van der Waals surface area contributed by atoms with E-state index in [0.717, 1.165) is 23.0 Å². The average molecular weight is 282 g/mol. The van der Waals surface area contributed by atoms with Crippen LogP contribution >= 0.6 is 11.6 Å². The minimum Gasteiger partial charge on any atom is -0.324 e. The zero-order valence-electron chi connectivity index (χ0n) is 11.6. The molecule has 2 N–H and O–H groups in total. The molecule has 0 saturated carbocycles. The Morgan fingerprint density at radius 2 is 1.68 bits per heavy atom. The van der Waals surface area contributed by atoms with Gasteiger partial charge in [-0.1, -0.05) is 18.5 Å². The molecule has 0 spiro atoms. The molecule has 0 aliphatic rings. The first-order valence-electron chi connectivity index (χ1n) is 6.73. The number of nitrogens with two attached hydrogens (primary N) is 1. The third kappa shape index (κ3) is 2.19. The number of aryl methyl sites for hydroxylation is 2.